The second-order valence-corrected chi connectivity index (χ2v) is 7.06. The van der Waals surface area contributed by atoms with E-state index in [0.717, 1.165) is 25.2 Å². The highest BCUT2D eigenvalue weighted by Gasteiger charge is 1.96. The van der Waals surface area contributed by atoms with Gasteiger partial charge in [-0.2, -0.15) is 0 Å². The zero-order valence-electron chi connectivity index (χ0n) is 20.2. The van der Waals surface area contributed by atoms with Gasteiger partial charge < -0.3 is 43.6 Å². The normalized spacial score (nSPS) is 11.2. The molecule has 0 spiro atoms. The second kappa shape index (κ2) is 23.7. The van der Waals surface area contributed by atoms with E-state index in [1.165, 1.54) is 0 Å². The first-order valence-corrected chi connectivity index (χ1v) is 11.9. The van der Waals surface area contributed by atoms with E-state index in [9.17, 15) is 0 Å². The zero-order chi connectivity index (χ0) is 23.7. The number of nitrogens with two attached hydrogens (primary N) is 1. The van der Waals surface area contributed by atoms with Crippen LogP contribution in [0.3, 0.4) is 0 Å². The first-order chi connectivity index (χ1) is 16.3. The van der Waals surface area contributed by atoms with Gasteiger partial charge in [0.05, 0.1) is 85.9 Å². The Balaban J connectivity index is 1.66. The summed E-state index contributed by atoms with van der Waals surface area (Å²) in [7, 11) is 0. The fourth-order valence-corrected chi connectivity index (χ4v) is 2.45. The van der Waals surface area contributed by atoms with E-state index in [1.807, 2.05) is 12.1 Å². The quantitative estimate of drug-likeness (QED) is 0.170. The van der Waals surface area contributed by atoms with Crippen LogP contribution >= 0.6 is 0 Å². The standard InChI is InChI=1S/C24H43NO8/c1-2-3-8-26-9-10-27-11-12-28-13-14-29-15-16-30-17-18-31-19-20-32-21-22-33-24-6-4-23(25)5-7-24/h4-7H,2-3,8-22,25H2,1H3. The molecule has 1 aromatic rings. The largest absolute Gasteiger partial charge is 0.491 e. The van der Waals surface area contributed by atoms with E-state index in [-0.39, 0.29) is 0 Å². The average Bonchev–Trinajstić information content (AvgIpc) is 2.83. The third-order valence-corrected chi connectivity index (χ3v) is 4.25. The first-order valence-electron chi connectivity index (χ1n) is 11.9. The lowest BCUT2D eigenvalue weighted by Crippen LogP contribution is -2.15. The van der Waals surface area contributed by atoms with Gasteiger partial charge in [0.2, 0.25) is 0 Å². The SMILES string of the molecule is CCCCOCCOCCOCCOCCOCCOCCOCCOc1ccc(N)cc1. The smallest absolute Gasteiger partial charge is 0.119 e. The first kappa shape index (κ1) is 29.6. The maximum absolute atomic E-state index is 5.62. The molecule has 1 aromatic carbocycles. The fourth-order valence-electron chi connectivity index (χ4n) is 2.45. The molecule has 9 nitrogen and oxygen atoms in total. The van der Waals surface area contributed by atoms with Gasteiger partial charge in [-0.05, 0) is 30.7 Å². The highest BCUT2D eigenvalue weighted by Crippen LogP contribution is 2.12. The molecule has 0 atom stereocenters. The molecule has 0 saturated carbocycles. The van der Waals surface area contributed by atoms with Crippen LogP contribution in [0.2, 0.25) is 0 Å². The van der Waals surface area contributed by atoms with Crippen molar-refractivity contribution >= 4 is 5.69 Å². The lowest BCUT2D eigenvalue weighted by molar-refractivity contribution is -0.0212. The molecule has 0 heterocycles. The Hall–Kier alpha value is -1.46. The molecule has 0 aliphatic carbocycles. The summed E-state index contributed by atoms with van der Waals surface area (Å²) in [4.78, 5) is 0. The summed E-state index contributed by atoms with van der Waals surface area (Å²) in [6.45, 7) is 10.6. The third kappa shape index (κ3) is 20.9. The van der Waals surface area contributed by atoms with Gasteiger partial charge in [-0.15, -0.1) is 0 Å². The lowest BCUT2D eigenvalue weighted by Gasteiger charge is -2.09. The summed E-state index contributed by atoms with van der Waals surface area (Å²) < 4.78 is 43.6. The van der Waals surface area contributed by atoms with Crippen LogP contribution in [0.5, 0.6) is 5.75 Å². The number of hydrogen-bond acceptors (Lipinski definition) is 9. The van der Waals surface area contributed by atoms with E-state index in [4.69, 9.17) is 43.6 Å². The Labute approximate surface area is 198 Å². The van der Waals surface area contributed by atoms with Crippen LogP contribution in [0.15, 0.2) is 24.3 Å². The van der Waals surface area contributed by atoms with Crippen molar-refractivity contribution in [3.05, 3.63) is 24.3 Å². The van der Waals surface area contributed by atoms with Crippen molar-refractivity contribution in [2.24, 2.45) is 0 Å². The Morgan fingerprint density at radius 1 is 0.485 bits per heavy atom. The van der Waals surface area contributed by atoms with Crippen LogP contribution in [0, 0.1) is 0 Å². The van der Waals surface area contributed by atoms with Crippen molar-refractivity contribution in [3.8, 4) is 5.75 Å². The van der Waals surface area contributed by atoms with Gasteiger partial charge in [-0.25, -0.2) is 0 Å². The molecule has 0 aromatic heterocycles. The molecule has 192 valence electrons. The minimum atomic E-state index is 0.487. The van der Waals surface area contributed by atoms with Crippen LogP contribution in [-0.4, -0.2) is 99.1 Å². The Morgan fingerprint density at radius 3 is 1.18 bits per heavy atom. The van der Waals surface area contributed by atoms with Gasteiger partial charge >= 0.3 is 0 Å². The van der Waals surface area contributed by atoms with Crippen molar-refractivity contribution < 1.29 is 37.9 Å². The van der Waals surface area contributed by atoms with E-state index in [0.29, 0.717) is 98.2 Å². The Morgan fingerprint density at radius 2 is 0.818 bits per heavy atom. The molecule has 0 bridgehead atoms. The minimum absolute atomic E-state index is 0.487. The van der Waals surface area contributed by atoms with Gasteiger partial charge in [-0.1, -0.05) is 13.3 Å². The van der Waals surface area contributed by atoms with Crippen molar-refractivity contribution in [2.45, 2.75) is 19.8 Å². The molecule has 1 rings (SSSR count). The van der Waals surface area contributed by atoms with Gasteiger partial charge in [0.1, 0.15) is 12.4 Å². The molecule has 2 N–H and O–H groups in total. The van der Waals surface area contributed by atoms with Gasteiger partial charge in [0, 0.05) is 12.3 Å². The maximum atomic E-state index is 5.62. The van der Waals surface area contributed by atoms with Gasteiger partial charge in [0.25, 0.3) is 0 Å². The topological polar surface area (TPSA) is 99.9 Å². The monoisotopic (exact) mass is 473 g/mol. The summed E-state index contributed by atoms with van der Waals surface area (Å²) >= 11 is 0. The summed E-state index contributed by atoms with van der Waals surface area (Å²) in [6, 6.07) is 7.28. The number of hydrogen-bond donors (Lipinski definition) is 1. The van der Waals surface area contributed by atoms with Crippen LogP contribution in [0.4, 0.5) is 5.69 Å². The fraction of sp³-hybridized carbons (Fsp3) is 0.750. The lowest BCUT2D eigenvalue weighted by atomic mass is 10.3. The average molecular weight is 474 g/mol. The van der Waals surface area contributed by atoms with Gasteiger partial charge in [0.15, 0.2) is 0 Å². The summed E-state index contributed by atoms with van der Waals surface area (Å²) in [5.41, 5.74) is 6.34. The number of nitrogen functional groups attached to an aromatic ring is 1. The van der Waals surface area contributed by atoms with Crippen molar-refractivity contribution in [3.63, 3.8) is 0 Å². The van der Waals surface area contributed by atoms with E-state index >= 15 is 0 Å². The maximum Gasteiger partial charge on any atom is 0.119 e. The Kier molecular flexibility index (Phi) is 21.2. The highest BCUT2D eigenvalue weighted by atomic mass is 16.6. The summed E-state index contributed by atoms with van der Waals surface area (Å²) in [6.07, 6.45) is 2.25. The van der Waals surface area contributed by atoms with Crippen LogP contribution in [0.1, 0.15) is 19.8 Å². The molecule has 0 amide bonds. The summed E-state index contributed by atoms with van der Waals surface area (Å²) in [5.74, 6) is 0.780. The molecule has 0 saturated heterocycles. The number of rotatable bonds is 25. The second-order valence-electron chi connectivity index (χ2n) is 7.06. The predicted octanol–water partition coefficient (Wildman–Crippen LogP) is 2.56. The minimum Gasteiger partial charge on any atom is -0.491 e. The van der Waals surface area contributed by atoms with E-state index in [2.05, 4.69) is 6.92 Å². The molecule has 0 radical (unpaired) electrons. The van der Waals surface area contributed by atoms with Crippen LogP contribution < -0.4 is 10.5 Å². The number of anilines is 1. The van der Waals surface area contributed by atoms with Crippen LogP contribution in [0.25, 0.3) is 0 Å². The predicted molar refractivity (Wildman–Crippen MR) is 127 cm³/mol. The third-order valence-electron chi connectivity index (χ3n) is 4.25. The molecule has 0 unspecified atom stereocenters. The van der Waals surface area contributed by atoms with Crippen molar-refractivity contribution in [1.82, 2.24) is 0 Å². The number of unbranched alkanes of at least 4 members (excludes halogenated alkanes) is 1. The molecular formula is C24H43NO8. The van der Waals surface area contributed by atoms with Gasteiger partial charge in [-0.3, -0.25) is 0 Å². The number of benzene rings is 1. The molecule has 9 heteroatoms. The highest BCUT2D eigenvalue weighted by molar-refractivity contribution is 5.41. The molecule has 0 aliphatic heterocycles. The molecular weight excluding hydrogens is 430 g/mol. The van der Waals surface area contributed by atoms with Crippen LogP contribution in [-0.2, 0) is 33.2 Å². The van der Waals surface area contributed by atoms with E-state index < -0.39 is 0 Å². The van der Waals surface area contributed by atoms with E-state index in [1.54, 1.807) is 12.1 Å². The molecule has 0 fully saturated rings. The molecule has 0 aliphatic rings. The van der Waals surface area contributed by atoms with Crippen molar-refractivity contribution in [1.29, 1.82) is 0 Å². The number of ether oxygens (including phenoxy) is 8. The Bertz CT molecular complexity index is 518. The summed E-state index contributed by atoms with van der Waals surface area (Å²) in [5, 5.41) is 0. The molecule has 33 heavy (non-hydrogen) atoms. The zero-order valence-corrected chi connectivity index (χ0v) is 20.2. The van der Waals surface area contributed by atoms with Crippen molar-refractivity contribution in [2.75, 3.05) is 105 Å².